The van der Waals surface area contributed by atoms with Gasteiger partial charge in [0.15, 0.2) is 0 Å². The summed E-state index contributed by atoms with van der Waals surface area (Å²) >= 11 is 0. The molecule has 0 saturated heterocycles. The zero-order valence-electron chi connectivity index (χ0n) is 24.8. The lowest BCUT2D eigenvalue weighted by Gasteiger charge is -2.11. The van der Waals surface area contributed by atoms with E-state index < -0.39 is 0 Å². The Hall–Kier alpha value is -5.30. The highest BCUT2D eigenvalue weighted by Crippen LogP contribution is 2.30. The van der Waals surface area contributed by atoms with Crippen LogP contribution in [0, 0.1) is 10.8 Å². The molecule has 4 aromatic carbocycles. The number of fused-ring (bicyclic) bond motifs is 2. The molecule has 0 radical (unpaired) electrons. The maximum Gasteiger partial charge on any atom is 0.127 e. The molecule has 6 N–H and O–H groups in total. The number of H-pyrrole nitrogens is 2. The van der Waals surface area contributed by atoms with Gasteiger partial charge in [0.1, 0.15) is 23.2 Å². The number of benzene rings is 4. The van der Waals surface area contributed by atoms with E-state index in [4.69, 9.17) is 15.6 Å². The first-order valence-electron chi connectivity index (χ1n) is 14.6. The molecule has 0 fully saturated rings. The van der Waals surface area contributed by atoms with Crippen LogP contribution in [0.1, 0.15) is 38.8 Å². The Morgan fingerprint density at radius 3 is 1.33 bits per heavy atom. The highest BCUT2D eigenvalue weighted by atomic mass is 16.5. The molecule has 0 saturated carbocycles. The molecule has 0 aliphatic rings. The van der Waals surface area contributed by atoms with Crippen molar-refractivity contribution < 1.29 is 4.74 Å². The van der Waals surface area contributed by atoms with E-state index in [-0.39, 0.29) is 12.1 Å². The quantitative estimate of drug-likeness (QED) is 0.0818. The molecule has 2 aromatic heterocycles. The van der Waals surface area contributed by atoms with Gasteiger partial charge in [-0.1, -0.05) is 24.3 Å². The van der Waals surface area contributed by atoms with E-state index in [2.05, 4.69) is 32.7 Å². The van der Waals surface area contributed by atoms with Crippen LogP contribution in [0.5, 0.6) is 11.5 Å². The van der Waals surface area contributed by atoms with E-state index in [0.29, 0.717) is 11.7 Å². The number of nitrogens with one attached hydrogen (secondary N) is 6. The number of ether oxygens (including phenoxy) is 1. The van der Waals surface area contributed by atoms with Crippen LogP contribution in [-0.2, 0) is 0 Å². The predicted molar refractivity (Wildman–Crippen MR) is 178 cm³/mol. The van der Waals surface area contributed by atoms with E-state index in [1.54, 1.807) is 0 Å². The van der Waals surface area contributed by atoms with Gasteiger partial charge in [-0.15, -0.1) is 0 Å². The third-order valence-corrected chi connectivity index (χ3v) is 7.25. The third-order valence-electron chi connectivity index (χ3n) is 7.25. The monoisotopic (exact) mass is 568 g/mol. The minimum absolute atomic E-state index is 0.212. The van der Waals surface area contributed by atoms with Gasteiger partial charge in [-0.3, -0.25) is 10.8 Å². The zero-order valence-corrected chi connectivity index (χ0v) is 24.8. The third kappa shape index (κ3) is 6.16. The number of amidine groups is 2. The average Bonchev–Trinajstić information content (AvgIpc) is 3.61. The number of hydrogen-bond donors (Lipinski definition) is 6. The molecule has 0 atom stereocenters. The highest BCUT2D eigenvalue weighted by Gasteiger charge is 2.10. The van der Waals surface area contributed by atoms with Crippen molar-refractivity contribution in [3.8, 4) is 34.0 Å². The first-order valence-corrected chi connectivity index (χ1v) is 14.6. The van der Waals surface area contributed by atoms with Gasteiger partial charge in [-0.2, -0.15) is 0 Å². The topological polar surface area (TPSA) is 113 Å². The van der Waals surface area contributed by atoms with Crippen LogP contribution < -0.4 is 15.4 Å². The summed E-state index contributed by atoms with van der Waals surface area (Å²) in [7, 11) is 0. The van der Waals surface area contributed by atoms with Crippen molar-refractivity contribution in [3.05, 3.63) is 108 Å². The van der Waals surface area contributed by atoms with Crippen LogP contribution in [0.2, 0.25) is 0 Å². The number of aromatic amines is 2. The molecule has 7 heteroatoms. The fourth-order valence-corrected chi connectivity index (χ4v) is 5.16. The van der Waals surface area contributed by atoms with E-state index in [9.17, 15) is 0 Å². The molecular weight excluding hydrogens is 532 g/mol. The lowest BCUT2D eigenvalue weighted by atomic mass is 10.1. The van der Waals surface area contributed by atoms with Crippen molar-refractivity contribution in [2.24, 2.45) is 0 Å². The number of hydrogen-bond acceptors (Lipinski definition) is 3. The molecule has 43 heavy (non-hydrogen) atoms. The molecule has 6 rings (SSSR count). The molecular formula is C36H36N6O. The van der Waals surface area contributed by atoms with E-state index in [1.807, 2.05) is 113 Å². The first kappa shape index (κ1) is 27.8. The maximum absolute atomic E-state index is 8.29. The SMILES string of the molecule is CC(C)NC(=N)c1ccc2cc(-c3ccc(Oc4ccc(-c5cc6ccc(C(=N)NC(C)C)cc6[nH]5)cc4)cc3)[nH]c2c1. The van der Waals surface area contributed by atoms with Crippen LogP contribution in [0.15, 0.2) is 97.1 Å². The van der Waals surface area contributed by atoms with Gasteiger partial charge in [0.05, 0.1) is 0 Å². The Morgan fingerprint density at radius 2 is 0.953 bits per heavy atom. The van der Waals surface area contributed by atoms with Gasteiger partial charge >= 0.3 is 0 Å². The maximum atomic E-state index is 8.29. The summed E-state index contributed by atoms with van der Waals surface area (Å²) in [4.78, 5) is 6.99. The Bertz CT molecular complexity index is 1790. The molecule has 7 nitrogen and oxygen atoms in total. The molecule has 0 amide bonds. The molecule has 216 valence electrons. The normalized spacial score (nSPS) is 11.4. The molecule has 0 spiro atoms. The second kappa shape index (κ2) is 11.5. The summed E-state index contributed by atoms with van der Waals surface area (Å²) in [5, 5.41) is 25.1. The van der Waals surface area contributed by atoms with Crippen molar-refractivity contribution in [1.82, 2.24) is 20.6 Å². The predicted octanol–water partition coefficient (Wildman–Crippen LogP) is 8.42. The van der Waals surface area contributed by atoms with Gasteiger partial charge in [-0.25, -0.2) is 0 Å². The molecule has 2 heterocycles. The van der Waals surface area contributed by atoms with E-state index in [0.717, 1.165) is 66.9 Å². The van der Waals surface area contributed by atoms with Crippen LogP contribution in [-0.4, -0.2) is 33.7 Å². The van der Waals surface area contributed by atoms with Gasteiger partial charge in [0.25, 0.3) is 0 Å². The average molecular weight is 569 g/mol. The van der Waals surface area contributed by atoms with Gasteiger partial charge in [0, 0.05) is 56.4 Å². The Morgan fingerprint density at radius 1 is 0.558 bits per heavy atom. The first-order chi connectivity index (χ1) is 20.7. The highest BCUT2D eigenvalue weighted by molar-refractivity contribution is 6.01. The van der Waals surface area contributed by atoms with Crippen LogP contribution >= 0.6 is 0 Å². The number of aromatic nitrogens is 2. The van der Waals surface area contributed by atoms with Crippen LogP contribution in [0.4, 0.5) is 0 Å². The Balaban J connectivity index is 1.13. The minimum atomic E-state index is 0.212. The Labute approximate surface area is 251 Å². The summed E-state index contributed by atoms with van der Waals surface area (Å²) in [5.41, 5.74) is 7.89. The summed E-state index contributed by atoms with van der Waals surface area (Å²) in [6.07, 6.45) is 0. The van der Waals surface area contributed by atoms with Crippen LogP contribution in [0.3, 0.4) is 0 Å². The van der Waals surface area contributed by atoms with Crippen molar-refractivity contribution in [3.63, 3.8) is 0 Å². The minimum Gasteiger partial charge on any atom is -0.457 e. The van der Waals surface area contributed by atoms with Gasteiger partial charge in [0.2, 0.25) is 0 Å². The van der Waals surface area contributed by atoms with Crippen molar-refractivity contribution in [1.29, 1.82) is 10.8 Å². The smallest absolute Gasteiger partial charge is 0.127 e. The number of rotatable bonds is 8. The lowest BCUT2D eigenvalue weighted by molar-refractivity contribution is 0.483. The van der Waals surface area contributed by atoms with Gasteiger partial charge in [-0.05, 0) is 112 Å². The fraction of sp³-hybridized carbons (Fsp3) is 0.167. The fourth-order valence-electron chi connectivity index (χ4n) is 5.16. The summed E-state index contributed by atoms with van der Waals surface area (Å²) in [6, 6.07) is 32.9. The van der Waals surface area contributed by atoms with Crippen molar-refractivity contribution in [2.75, 3.05) is 0 Å². The Kier molecular flexibility index (Phi) is 7.47. The zero-order chi connectivity index (χ0) is 30.1. The van der Waals surface area contributed by atoms with Crippen molar-refractivity contribution in [2.45, 2.75) is 39.8 Å². The molecule has 6 aromatic rings. The van der Waals surface area contributed by atoms with Crippen LogP contribution in [0.25, 0.3) is 44.3 Å². The summed E-state index contributed by atoms with van der Waals surface area (Å²) in [6.45, 7) is 8.13. The standard InChI is InChI=1S/C36H36N6O/c1-21(2)39-35(37)27-7-5-25-17-31(41-33(25)19-27)23-9-13-29(14-10-23)43-30-15-11-24(12-16-30)32-18-26-6-8-28(20-34(26)42-32)36(38)40-22(3)4/h5-22,41-42H,1-4H3,(H2,37,39)(H2,38,40). The molecule has 0 unspecified atom stereocenters. The molecule has 0 bridgehead atoms. The van der Waals surface area contributed by atoms with Crippen molar-refractivity contribution >= 4 is 33.5 Å². The van der Waals surface area contributed by atoms with E-state index in [1.165, 1.54) is 0 Å². The molecule has 0 aliphatic heterocycles. The largest absolute Gasteiger partial charge is 0.457 e. The lowest BCUT2D eigenvalue weighted by Crippen LogP contribution is -2.30. The van der Waals surface area contributed by atoms with E-state index >= 15 is 0 Å². The second-order valence-corrected chi connectivity index (χ2v) is 11.5. The summed E-state index contributed by atoms with van der Waals surface area (Å²) in [5.74, 6) is 2.38. The summed E-state index contributed by atoms with van der Waals surface area (Å²) < 4.78 is 6.14. The second-order valence-electron chi connectivity index (χ2n) is 11.5. The van der Waals surface area contributed by atoms with Gasteiger partial charge < -0.3 is 25.3 Å². The molecule has 0 aliphatic carbocycles.